The third-order valence-electron chi connectivity index (χ3n) is 5.83. The zero-order valence-corrected chi connectivity index (χ0v) is 17.3. The molecule has 0 spiro atoms. The van der Waals surface area contributed by atoms with Gasteiger partial charge < -0.3 is 4.90 Å². The van der Waals surface area contributed by atoms with Gasteiger partial charge in [0.15, 0.2) is 0 Å². The Hall–Kier alpha value is -2.55. The SMILES string of the molecule is Cc1cc(C)c(-n2c(C)c(C)c3c(N4CC=CCC4)cc(C)nc32)c(C)c1. The van der Waals surface area contributed by atoms with Gasteiger partial charge in [-0.2, -0.15) is 0 Å². The molecule has 1 aliphatic rings. The van der Waals surface area contributed by atoms with E-state index in [1.807, 2.05) is 0 Å². The van der Waals surface area contributed by atoms with Crippen LogP contribution in [0.3, 0.4) is 0 Å². The summed E-state index contributed by atoms with van der Waals surface area (Å²) in [5.74, 6) is 0. The second-order valence-corrected chi connectivity index (χ2v) is 7.98. The lowest BCUT2D eigenvalue weighted by molar-refractivity contribution is 0.822. The number of hydrogen-bond acceptors (Lipinski definition) is 2. The normalized spacial score (nSPS) is 14.4. The number of anilines is 1. The van der Waals surface area contributed by atoms with Crippen LogP contribution in [0.2, 0.25) is 0 Å². The highest BCUT2D eigenvalue weighted by Crippen LogP contribution is 2.37. The highest BCUT2D eigenvalue weighted by atomic mass is 15.1. The van der Waals surface area contributed by atoms with E-state index in [-0.39, 0.29) is 0 Å². The molecule has 140 valence electrons. The molecule has 3 heterocycles. The van der Waals surface area contributed by atoms with Gasteiger partial charge in [-0.1, -0.05) is 29.8 Å². The first-order chi connectivity index (χ1) is 12.9. The molecule has 1 aromatic carbocycles. The van der Waals surface area contributed by atoms with Crippen molar-refractivity contribution in [1.29, 1.82) is 0 Å². The minimum atomic E-state index is 0.977. The van der Waals surface area contributed by atoms with Crippen molar-refractivity contribution in [3.8, 4) is 5.69 Å². The first-order valence-corrected chi connectivity index (χ1v) is 9.86. The maximum absolute atomic E-state index is 5.01. The summed E-state index contributed by atoms with van der Waals surface area (Å²) in [7, 11) is 0. The zero-order chi connectivity index (χ0) is 19.3. The fraction of sp³-hybridized carbons (Fsp3) is 0.375. The summed E-state index contributed by atoms with van der Waals surface area (Å²) in [6.07, 6.45) is 5.67. The average Bonchev–Trinajstić information content (AvgIpc) is 2.86. The van der Waals surface area contributed by atoms with Crippen LogP contribution in [0.25, 0.3) is 16.7 Å². The summed E-state index contributed by atoms with van der Waals surface area (Å²) in [6.45, 7) is 15.2. The van der Waals surface area contributed by atoms with Crippen LogP contribution < -0.4 is 4.90 Å². The molecule has 27 heavy (non-hydrogen) atoms. The maximum Gasteiger partial charge on any atom is 0.147 e. The Bertz CT molecular complexity index is 1050. The first kappa shape index (κ1) is 17.8. The molecule has 4 rings (SSSR count). The predicted molar refractivity (Wildman–Crippen MR) is 115 cm³/mol. The van der Waals surface area contributed by atoms with Gasteiger partial charge in [0, 0.05) is 29.9 Å². The lowest BCUT2D eigenvalue weighted by Crippen LogP contribution is -2.27. The lowest BCUT2D eigenvalue weighted by Gasteiger charge is -2.27. The van der Waals surface area contributed by atoms with Crippen molar-refractivity contribution >= 4 is 16.7 Å². The monoisotopic (exact) mass is 359 g/mol. The van der Waals surface area contributed by atoms with Crippen molar-refractivity contribution in [3.63, 3.8) is 0 Å². The highest BCUT2D eigenvalue weighted by molar-refractivity contribution is 5.96. The van der Waals surface area contributed by atoms with Crippen molar-refractivity contribution in [2.75, 3.05) is 18.0 Å². The van der Waals surface area contributed by atoms with Crippen LogP contribution in [0.4, 0.5) is 5.69 Å². The summed E-state index contributed by atoms with van der Waals surface area (Å²) >= 11 is 0. The van der Waals surface area contributed by atoms with Crippen LogP contribution >= 0.6 is 0 Å². The summed E-state index contributed by atoms with van der Waals surface area (Å²) in [5.41, 5.74) is 11.3. The Morgan fingerprint density at radius 2 is 1.59 bits per heavy atom. The van der Waals surface area contributed by atoms with Crippen molar-refractivity contribution in [3.05, 3.63) is 64.0 Å². The zero-order valence-electron chi connectivity index (χ0n) is 17.3. The Kier molecular flexibility index (Phi) is 4.33. The summed E-state index contributed by atoms with van der Waals surface area (Å²) in [4.78, 5) is 7.50. The Morgan fingerprint density at radius 1 is 0.889 bits per heavy atom. The van der Waals surface area contributed by atoms with Gasteiger partial charge in [0.25, 0.3) is 0 Å². The van der Waals surface area contributed by atoms with Crippen molar-refractivity contribution < 1.29 is 0 Å². The van der Waals surface area contributed by atoms with E-state index < -0.39 is 0 Å². The largest absolute Gasteiger partial charge is 0.367 e. The molecule has 0 radical (unpaired) electrons. The third-order valence-corrected chi connectivity index (χ3v) is 5.83. The van der Waals surface area contributed by atoms with E-state index in [1.165, 1.54) is 44.7 Å². The second-order valence-electron chi connectivity index (χ2n) is 7.98. The molecule has 0 bridgehead atoms. The van der Waals surface area contributed by atoms with Crippen LogP contribution in [-0.4, -0.2) is 22.6 Å². The fourth-order valence-corrected chi connectivity index (χ4v) is 4.58. The van der Waals surface area contributed by atoms with E-state index in [1.54, 1.807) is 0 Å². The lowest BCUT2D eigenvalue weighted by atomic mass is 10.0. The fourth-order valence-electron chi connectivity index (χ4n) is 4.58. The average molecular weight is 360 g/mol. The van der Waals surface area contributed by atoms with Crippen molar-refractivity contribution in [2.45, 2.75) is 48.0 Å². The number of aryl methyl sites for hydroxylation is 5. The van der Waals surface area contributed by atoms with Crippen molar-refractivity contribution in [1.82, 2.24) is 9.55 Å². The van der Waals surface area contributed by atoms with E-state index in [2.05, 4.69) is 81.4 Å². The van der Waals surface area contributed by atoms with Gasteiger partial charge in [-0.25, -0.2) is 4.98 Å². The maximum atomic E-state index is 5.01. The molecule has 3 aromatic rings. The van der Waals surface area contributed by atoms with Crippen molar-refractivity contribution in [2.24, 2.45) is 0 Å². The van der Waals surface area contributed by atoms with Gasteiger partial charge in [0.2, 0.25) is 0 Å². The molecule has 3 nitrogen and oxygen atoms in total. The number of hydrogen-bond donors (Lipinski definition) is 0. The summed E-state index contributed by atoms with van der Waals surface area (Å²) in [5, 5.41) is 1.30. The van der Waals surface area contributed by atoms with Gasteiger partial charge in [-0.15, -0.1) is 0 Å². The summed E-state index contributed by atoms with van der Waals surface area (Å²) < 4.78 is 2.38. The molecular weight excluding hydrogens is 330 g/mol. The van der Waals surface area contributed by atoms with Crippen LogP contribution in [0.5, 0.6) is 0 Å². The predicted octanol–water partition coefficient (Wildman–Crippen LogP) is 5.64. The van der Waals surface area contributed by atoms with E-state index in [4.69, 9.17) is 4.98 Å². The minimum absolute atomic E-state index is 0.977. The number of nitrogens with zero attached hydrogens (tertiary/aromatic N) is 3. The highest BCUT2D eigenvalue weighted by Gasteiger charge is 2.22. The van der Waals surface area contributed by atoms with Crippen LogP contribution in [0.15, 0.2) is 30.4 Å². The van der Waals surface area contributed by atoms with Gasteiger partial charge >= 0.3 is 0 Å². The smallest absolute Gasteiger partial charge is 0.147 e. The van der Waals surface area contributed by atoms with E-state index in [0.717, 1.165) is 30.9 Å². The van der Waals surface area contributed by atoms with Gasteiger partial charge in [-0.3, -0.25) is 4.57 Å². The second kappa shape index (κ2) is 6.56. The van der Waals surface area contributed by atoms with E-state index in [9.17, 15) is 0 Å². The molecule has 0 saturated heterocycles. The molecule has 0 saturated carbocycles. The van der Waals surface area contributed by atoms with E-state index >= 15 is 0 Å². The van der Waals surface area contributed by atoms with Gasteiger partial charge in [0.05, 0.1) is 11.4 Å². The molecule has 0 unspecified atom stereocenters. The third kappa shape index (κ3) is 2.86. The van der Waals surface area contributed by atoms with Crippen LogP contribution in [0.1, 0.15) is 40.1 Å². The molecule has 2 aromatic heterocycles. The molecular formula is C24H29N3. The number of benzene rings is 1. The Morgan fingerprint density at radius 3 is 2.22 bits per heavy atom. The van der Waals surface area contributed by atoms with Crippen LogP contribution in [-0.2, 0) is 0 Å². The molecule has 0 aliphatic carbocycles. The molecule has 0 atom stereocenters. The topological polar surface area (TPSA) is 21.1 Å². The minimum Gasteiger partial charge on any atom is -0.367 e. The molecule has 0 N–H and O–H groups in total. The molecule has 0 fully saturated rings. The first-order valence-electron chi connectivity index (χ1n) is 9.86. The number of aromatic nitrogens is 2. The number of rotatable bonds is 2. The molecule has 1 aliphatic heterocycles. The molecule has 0 amide bonds. The Balaban J connectivity index is 2.06. The standard InChI is InChI=1S/C24H29N3/c1-15-12-16(2)23(17(3)13-15)27-20(6)19(5)22-21(14-18(4)25-24(22)27)26-10-8-7-9-11-26/h7-8,12-14H,9-11H2,1-6H3. The van der Waals surface area contributed by atoms with Gasteiger partial charge in [-0.05, 0) is 70.7 Å². The molecule has 3 heteroatoms. The number of pyridine rings is 1. The summed E-state index contributed by atoms with van der Waals surface area (Å²) in [6, 6.07) is 6.80. The van der Waals surface area contributed by atoms with Gasteiger partial charge in [0.1, 0.15) is 5.65 Å². The van der Waals surface area contributed by atoms with Crippen LogP contribution in [0, 0.1) is 41.5 Å². The Labute approximate surface area is 162 Å². The van der Waals surface area contributed by atoms with E-state index in [0.29, 0.717) is 0 Å². The number of fused-ring (bicyclic) bond motifs is 1. The quantitative estimate of drug-likeness (QED) is 0.552.